The third-order valence-corrected chi connectivity index (χ3v) is 7.39. The van der Waals surface area contributed by atoms with Crippen LogP contribution in [0.2, 0.25) is 0 Å². The van der Waals surface area contributed by atoms with E-state index in [2.05, 4.69) is 36.6 Å². The molecule has 0 radical (unpaired) electrons. The highest BCUT2D eigenvalue weighted by Crippen LogP contribution is 2.37. The molecule has 0 aliphatic carbocycles. The minimum absolute atomic E-state index is 0.0758. The van der Waals surface area contributed by atoms with Gasteiger partial charge in [-0.2, -0.15) is 8.42 Å². The van der Waals surface area contributed by atoms with Crippen molar-refractivity contribution in [3.05, 3.63) is 59.8 Å². The standard InChI is InChI=1S/C23H26F2N2O3S.C2H2O4/c1-15(2)27-14-19(16-9-11-26(3)12-10-16)18-13-17(7-8-21(18)27)30-31(28,29)22-6-4-5-20(24)23(22)25;3-1(4)2(5)6/h4-8,13-16H,9-12H2,1-3H3;(H,3,4)(H,5,6). The highest BCUT2D eigenvalue weighted by molar-refractivity contribution is 7.87. The summed E-state index contributed by atoms with van der Waals surface area (Å²) in [4.78, 5) is 19.7. The fourth-order valence-corrected chi connectivity index (χ4v) is 5.24. The highest BCUT2D eigenvalue weighted by atomic mass is 32.2. The van der Waals surface area contributed by atoms with E-state index in [0.717, 1.165) is 60.6 Å². The zero-order valence-electron chi connectivity index (χ0n) is 20.5. The van der Waals surface area contributed by atoms with Crippen LogP contribution in [0.3, 0.4) is 0 Å². The first-order chi connectivity index (χ1) is 17.3. The Morgan fingerprint density at radius 1 is 1.05 bits per heavy atom. The van der Waals surface area contributed by atoms with Gasteiger partial charge >= 0.3 is 22.1 Å². The number of nitrogens with zero attached hydrogens (tertiary/aromatic N) is 2. The van der Waals surface area contributed by atoms with Gasteiger partial charge in [-0.25, -0.2) is 18.4 Å². The molecule has 12 heteroatoms. The molecule has 1 aliphatic heterocycles. The van der Waals surface area contributed by atoms with Gasteiger partial charge in [0, 0.05) is 23.1 Å². The molecular weight excluding hydrogens is 510 g/mol. The molecule has 0 saturated carbocycles. The first-order valence-electron chi connectivity index (χ1n) is 11.5. The lowest BCUT2D eigenvalue weighted by molar-refractivity contribution is -0.159. The van der Waals surface area contributed by atoms with E-state index in [9.17, 15) is 17.2 Å². The van der Waals surface area contributed by atoms with Gasteiger partial charge in [0.1, 0.15) is 10.6 Å². The van der Waals surface area contributed by atoms with Gasteiger partial charge < -0.3 is 23.9 Å². The van der Waals surface area contributed by atoms with Gasteiger partial charge in [-0.15, -0.1) is 0 Å². The number of benzene rings is 2. The summed E-state index contributed by atoms with van der Waals surface area (Å²) in [6.07, 6.45) is 4.19. The smallest absolute Gasteiger partial charge is 0.414 e. The topological polar surface area (TPSA) is 126 Å². The number of carbonyl (C=O) groups is 2. The first-order valence-corrected chi connectivity index (χ1v) is 12.9. The second-order valence-electron chi connectivity index (χ2n) is 9.04. The van der Waals surface area contributed by atoms with Crippen molar-refractivity contribution in [2.24, 2.45) is 0 Å². The van der Waals surface area contributed by atoms with Crippen molar-refractivity contribution in [3.8, 4) is 5.75 Å². The maximum Gasteiger partial charge on any atom is 0.414 e. The zero-order valence-corrected chi connectivity index (χ0v) is 21.3. The van der Waals surface area contributed by atoms with Crippen LogP contribution in [-0.2, 0) is 19.7 Å². The fraction of sp³-hybridized carbons (Fsp3) is 0.360. The summed E-state index contributed by atoms with van der Waals surface area (Å²) in [5.74, 6) is -5.89. The fourth-order valence-electron chi connectivity index (χ4n) is 4.23. The Kier molecular flexibility index (Phi) is 8.54. The van der Waals surface area contributed by atoms with E-state index in [1.807, 2.05) is 6.07 Å². The molecule has 9 nitrogen and oxygen atoms in total. The van der Waals surface area contributed by atoms with Crippen molar-refractivity contribution >= 4 is 33.0 Å². The lowest BCUT2D eigenvalue weighted by Crippen LogP contribution is -2.29. The van der Waals surface area contributed by atoms with Crippen LogP contribution >= 0.6 is 0 Å². The van der Waals surface area contributed by atoms with E-state index in [1.165, 1.54) is 0 Å². The van der Waals surface area contributed by atoms with Gasteiger partial charge in [-0.1, -0.05) is 6.07 Å². The summed E-state index contributed by atoms with van der Waals surface area (Å²) in [5.41, 5.74) is 2.15. The van der Waals surface area contributed by atoms with E-state index < -0.39 is 38.6 Å². The third kappa shape index (κ3) is 6.44. The maximum atomic E-state index is 14.0. The van der Waals surface area contributed by atoms with Crippen LogP contribution in [-0.4, -0.2) is 60.2 Å². The Morgan fingerprint density at radius 2 is 1.68 bits per heavy atom. The number of piperidine rings is 1. The Hall–Kier alpha value is -3.51. The van der Waals surface area contributed by atoms with E-state index in [-0.39, 0.29) is 11.8 Å². The number of hydrogen-bond donors (Lipinski definition) is 2. The Morgan fingerprint density at radius 3 is 2.24 bits per heavy atom. The molecule has 37 heavy (non-hydrogen) atoms. The molecular formula is C25H28F2N2O7S. The minimum atomic E-state index is -4.52. The van der Waals surface area contributed by atoms with Crippen molar-refractivity contribution in [3.63, 3.8) is 0 Å². The second-order valence-corrected chi connectivity index (χ2v) is 10.6. The average molecular weight is 539 g/mol. The van der Waals surface area contributed by atoms with Crippen LogP contribution in [0.25, 0.3) is 10.9 Å². The Labute approximate surface area is 213 Å². The number of aliphatic carboxylic acids is 2. The van der Waals surface area contributed by atoms with Crippen molar-refractivity contribution in [2.75, 3.05) is 20.1 Å². The Balaban J connectivity index is 0.000000568. The van der Waals surface area contributed by atoms with Crippen LogP contribution in [0.1, 0.15) is 44.2 Å². The van der Waals surface area contributed by atoms with Crippen LogP contribution in [0.5, 0.6) is 5.75 Å². The van der Waals surface area contributed by atoms with Gasteiger partial charge in [0.2, 0.25) is 0 Å². The molecule has 2 aromatic carbocycles. The summed E-state index contributed by atoms with van der Waals surface area (Å²) in [7, 11) is -2.41. The number of carboxylic acid groups (broad SMARTS) is 2. The summed E-state index contributed by atoms with van der Waals surface area (Å²) in [6.45, 7) is 6.20. The number of carboxylic acids is 2. The largest absolute Gasteiger partial charge is 0.473 e. The number of fused-ring (bicyclic) bond motifs is 1. The number of rotatable bonds is 5. The third-order valence-electron chi connectivity index (χ3n) is 6.12. The first kappa shape index (κ1) is 28.1. The van der Waals surface area contributed by atoms with Gasteiger partial charge in [0.15, 0.2) is 11.6 Å². The summed E-state index contributed by atoms with van der Waals surface area (Å²) in [5, 5.41) is 15.7. The van der Waals surface area contributed by atoms with Crippen molar-refractivity contribution in [1.29, 1.82) is 0 Å². The van der Waals surface area contributed by atoms with E-state index in [1.54, 1.807) is 12.1 Å². The molecule has 0 unspecified atom stereocenters. The van der Waals surface area contributed by atoms with Gasteiger partial charge in [-0.3, -0.25) is 0 Å². The van der Waals surface area contributed by atoms with Gasteiger partial charge in [-0.05, 0) is 88.6 Å². The number of halogens is 2. The number of likely N-dealkylation sites (tertiary alicyclic amines) is 1. The lowest BCUT2D eigenvalue weighted by Gasteiger charge is -2.28. The number of aromatic nitrogens is 1. The molecule has 200 valence electrons. The van der Waals surface area contributed by atoms with Crippen LogP contribution < -0.4 is 4.18 Å². The Bertz CT molecular complexity index is 1400. The van der Waals surface area contributed by atoms with Crippen molar-refractivity contribution < 1.29 is 41.2 Å². The second kappa shape index (κ2) is 11.3. The van der Waals surface area contributed by atoms with E-state index in [4.69, 9.17) is 24.0 Å². The molecule has 0 atom stereocenters. The molecule has 0 amide bonds. The van der Waals surface area contributed by atoms with E-state index >= 15 is 0 Å². The zero-order chi connectivity index (χ0) is 27.5. The van der Waals surface area contributed by atoms with Gasteiger partial charge in [0.25, 0.3) is 0 Å². The monoisotopic (exact) mass is 538 g/mol. The molecule has 2 heterocycles. The summed E-state index contributed by atoms with van der Waals surface area (Å²) < 4.78 is 60.2. The highest BCUT2D eigenvalue weighted by Gasteiger charge is 2.26. The van der Waals surface area contributed by atoms with Gasteiger partial charge in [0.05, 0.1) is 0 Å². The predicted octanol–water partition coefficient (Wildman–Crippen LogP) is 4.23. The molecule has 4 rings (SSSR count). The molecule has 1 aromatic heterocycles. The SMILES string of the molecule is CC(C)n1cc(C2CCN(C)CC2)c2cc(OS(=O)(=O)c3cccc(F)c3F)ccc21.O=C(O)C(=O)O. The lowest BCUT2D eigenvalue weighted by atomic mass is 9.89. The van der Waals surface area contributed by atoms with E-state index in [0.29, 0.717) is 5.92 Å². The van der Waals surface area contributed by atoms with Crippen molar-refractivity contribution in [1.82, 2.24) is 9.47 Å². The molecule has 1 aliphatic rings. The molecule has 1 fully saturated rings. The average Bonchev–Trinajstić information content (AvgIpc) is 3.20. The van der Waals surface area contributed by atoms with Crippen LogP contribution in [0.4, 0.5) is 8.78 Å². The quantitative estimate of drug-likeness (QED) is 0.365. The molecule has 1 saturated heterocycles. The molecule has 0 spiro atoms. The normalized spacial score (nSPS) is 14.9. The molecule has 3 aromatic rings. The number of hydrogen-bond acceptors (Lipinski definition) is 6. The minimum Gasteiger partial charge on any atom is -0.473 e. The maximum absolute atomic E-state index is 14.0. The van der Waals surface area contributed by atoms with Crippen molar-refractivity contribution in [2.45, 2.75) is 43.5 Å². The predicted molar refractivity (Wildman–Crippen MR) is 131 cm³/mol. The summed E-state index contributed by atoms with van der Waals surface area (Å²) in [6, 6.07) is 8.29. The van der Waals surface area contributed by atoms with Crippen LogP contribution in [0, 0.1) is 11.6 Å². The molecule has 0 bridgehead atoms. The van der Waals surface area contributed by atoms with Crippen LogP contribution in [0.15, 0.2) is 47.5 Å². The molecule has 2 N–H and O–H groups in total. The summed E-state index contributed by atoms with van der Waals surface area (Å²) >= 11 is 0.